The van der Waals surface area contributed by atoms with Gasteiger partial charge in [0.1, 0.15) is 0 Å². The molecule has 2 rings (SSSR count). The van der Waals surface area contributed by atoms with Crippen molar-refractivity contribution in [1.29, 1.82) is 0 Å². The maximum atomic E-state index is 12.7. The minimum absolute atomic E-state index is 0.0147. The number of carbonyl (C=O) groups excluding carboxylic acids is 2. The summed E-state index contributed by atoms with van der Waals surface area (Å²) in [6.07, 6.45) is 4.74. The van der Waals surface area contributed by atoms with Gasteiger partial charge in [-0.2, -0.15) is 0 Å². The molecule has 144 valence electrons. The molecule has 2 heterocycles. The normalized spacial score (nSPS) is 25.8. The van der Waals surface area contributed by atoms with E-state index in [0.717, 1.165) is 45.3 Å². The van der Waals surface area contributed by atoms with Crippen LogP contribution in [-0.2, 0) is 4.79 Å². The predicted molar refractivity (Wildman–Crippen MR) is 100 cm³/mol. The van der Waals surface area contributed by atoms with E-state index in [1.54, 1.807) is 0 Å². The van der Waals surface area contributed by atoms with Crippen molar-refractivity contribution in [1.82, 2.24) is 15.1 Å². The topological polar surface area (TPSA) is 78.7 Å². The molecule has 0 radical (unpaired) electrons. The fourth-order valence-electron chi connectivity index (χ4n) is 3.86. The maximum absolute atomic E-state index is 12.7. The maximum Gasteiger partial charge on any atom is 0.317 e. The number of likely N-dealkylation sites (tertiary alicyclic amines) is 2. The highest BCUT2D eigenvalue weighted by molar-refractivity contribution is 5.77. The number of nitrogens with two attached hydrogens (primary N) is 1. The third kappa shape index (κ3) is 6.17. The van der Waals surface area contributed by atoms with Gasteiger partial charge in [0.25, 0.3) is 0 Å². The number of piperidine rings is 2. The van der Waals surface area contributed by atoms with Crippen molar-refractivity contribution in [3.63, 3.8) is 0 Å². The van der Waals surface area contributed by atoms with E-state index in [2.05, 4.69) is 19.2 Å². The van der Waals surface area contributed by atoms with Crippen LogP contribution in [0.25, 0.3) is 0 Å². The molecule has 3 N–H and O–H groups in total. The van der Waals surface area contributed by atoms with Crippen LogP contribution in [0, 0.1) is 17.8 Å². The van der Waals surface area contributed by atoms with E-state index in [4.69, 9.17) is 5.73 Å². The summed E-state index contributed by atoms with van der Waals surface area (Å²) in [5.74, 6) is 1.38. The summed E-state index contributed by atoms with van der Waals surface area (Å²) in [4.78, 5) is 28.8. The molecule has 25 heavy (non-hydrogen) atoms. The van der Waals surface area contributed by atoms with Crippen molar-refractivity contribution < 1.29 is 9.59 Å². The lowest BCUT2D eigenvalue weighted by Gasteiger charge is -2.37. The summed E-state index contributed by atoms with van der Waals surface area (Å²) in [7, 11) is 0. The molecule has 0 aromatic rings. The number of hydrogen-bond acceptors (Lipinski definition) is 3. The van der Waals surface area contributed by atoms with Gasteiger partial charge in [-0.05, 0) is 50.4 Å². The van der Waals surface area contributed by atoms with Gasteiger partial charge >= 0.3 is 6.03 Å². The molecule has 0 saturated carbocycles. The number of urea groups is 1. The molecule has 0 spiro atoms. The van der Waals surface area contributed by atoms with Gasteiger partial charge in [-0.1, -0.05) is 13.8 Å². The summed E-state index contributed by atoms with van der Waals surface area (Å²) in [5.41, 5.74) is 6.03. The molecule has 6 heteroatoms. The first-order chi connectivity index (χ1) is 11.9. The number of hydrogen-bond donors (Lipinski definition) is 2. The number of nitrogens with one attached hydrogen (secondary N) is 1. The van der Waals surface area contributed by atoms with Gasteiger partial charge in [-0.25, -0.2) is 4.79 Å². The van der Waals surface area contributed by atoms with Gasteiger partial charge < -0.3 is 20.9 Å². The minimum atomic E-state index is 0.0147. The standard InChI is InChI=1S/C19H36N4O2/c1-14(2)11-21-19(25)23-9-4-6-16(12-23)10-18(24)22-8-5-7-17(13-22)15(3)20/h14-17H,4-13,20H2,1-3H3,(H,21,25). The quantitative estimate of drug-likeness (QED) is 0.795. The lowest BCUT2D eigenvalue weighted by molar-refractivity contribution is -0.134. The highest BCUT2D eigenvalue weighted by Crippen LogP contribution is 2.24. The SMILES string of the molecule is CC(C)CNC(=O)N1CCCC(CC(=O)N2CCCC(C(C)N)C2)C1. The lowest BCUT2D eigenvalue weighted by Crippen LogP contribution is -2.48. The predicted octanol–water partition coefficient (Wildman–Crippen LogP) is 2.04. The minimum Gasteiger partial charge on any atom is -0.342 e. The van der Waals surface area contributed by atoms with Crippen molar-refractivity contribution in [3.05, 3.63) is 0 Å². The molecule has 3 atom stereocenters. The molecular formula is C19H36N4O2. The van der Waals surface area contributed by atoms with Crippen LogP contribution < -0.4 is 11.1 Å². The van der Waals surface area contributed by atoms with Crippen LogP contribution in [0.2, 0.25) is 0 Å². The van der Waals surface area contributed by atoms with Gasteiger partial charge in [-0.15, -0.1) is 0 Å². The van der Waals surface area contributed by atoms with Gasteiger partial charge in [0.2, 0.25) is 5.91 Å². The molecule has 2 aliphatic heterocycles. The number of carbonyl (C=O) groups is 2. The second-order valence-electron chi connectivity index (χ2n) is 8.34. The molecular weight excluding hydrogens is 316 g/mol. The van der Waals surface area contributed by atoms with Crippen molar-refractivity contribution in [3.8, 4) is 0 Å². The zero-order valence-electron chi connectivity index (χ0n) is 16.2. The summed E-state index contributed by atoms with van der Waals surface area (Å²) >= 11 is 0. The Bertz CT molecular complexity index is 453. The monoisotopic (exact) mass is 352 g/mol. The third-order valence-electron chi connectivity index (χ3n) is 5.49. The summed E-state index contributed by atoms with van der Waals surface area (Å²) in [6, 6.07) is 0.159. The highest BCUT2D eigenvalue weighted by Gasteiger charge is 2.30. The molecule has 0 bridgehead atoms. The summed E-state index contributed by atoms with van der Waals surface area (Å²) < 4.78 is 0. The highest BCUT2D eigenvalue weighted by atomic mass is 16.2. The second kappa shape index (κ2) is 9.41. The Kier molecular flexibility index (Phi) is 7.54. The van der Waals surface area contributed by atoms with E-state index in [0.29, 0.717) is 31.3 Å². The Morgan fingerprint density at radius 1 is 1.08 bits per heavy atom. The van der Waals surface area contributed by atoms with Crippen LogP contribution in [0.5, 0.6) is 0 Å². The van der Waals surface area contributed by atoms with Gasteiger partial charge in [0.15, 0.2) is 0 Å². The first-order valence-electron chi connectivity index (χ1n) is 9.93. The Morgan fingerprint density at radius 3 is 2.44 bits per heavy atom. The Morgan fingerprint density at radius 2 is 1.76 bits per heavy atom. The Labute approximate surface area is 152 Å². The van der Waals surface area contributed by atoms with E-state index in [9.17, 15) is 9.59 Å². The van der Waals surface area contributed by atoms with Crippen molar-refractivity contribution in [2.75, 3.05) is 32.7 Å². The first-order valence-corrected chi connectivity index (χ1v) is 9.93. The van der Waals surface area contributed by atoms with Gasteiger partial charge in [0, 0.05) is 45.2 Å². The van der Waals surface area contributed by atoms with Gasteiger partial charge in [0.05, 0.1) is 0 Å². The van der Waals surface area contributed by atoms with Crippen LogP contribution >= 0.6 is 0 Å². The molecule has 3 unspecified atom stereocenters. The molecule has 2 fully saturated rings. The molecule has 2 saturated heterocycles. The zero-order chi connectivity index (χ0) is 18.4. The van der Waals surface area contributed by atoms with Crippen LogP contribution in [0.3, 0.4) is 0 Å². The third-order valence-corrected chi connectivity index (χ3v) is 5.49. The summed E-state index contributed by atoms with van der Waals surface area (Å²) in [6.45, 7) is 10.1. The average Bonchev–Trinajstić information content (AvgIpc) is 2.59. The molecule has 0 aliphatic carbocycles. The van der Waals surface area contributed by atoms with Crippen molar-refractivity contribution in [2.24, 2.45) is 23.5 Å². The zero-order valence-corrected chi connectivity index (χ0v) is 16.2. The number of amides is 3. The molecule has 6 nitrogen and oxygen atoms in total. The first kappa shape index (κ1) is 20.0. The van der Waals surface area contributed by atoms with E-state index in [1.165, 1.54) is 0 Å². The number of rotatable bonds is 5. The largest absolute Gasteiger partial charge is 0.342 e. The van der Waals surface area contributed by atoms with Crippen molar-refractivity contribution in [2.45, 2.75) is 58.9 Å². The number of nitrogens with zero attached hydrogens (tertiary/aromatic N) is 2. The Balaban J connectivity index is 1.81. The molecule has 2 aliphatic rings. The van der Waals surface area contributed by atoms with E-state index >= 15 is 0 Å². The van der Waals surface area contributed by atoms with E-state index in [-0.39, 0.29) is 23.9 Å². The van der Waals surface area contributed by atoms with Gasteiger partial charge in [-0.3, -0.25) is 4.79 Å². The molecule has 0 aromatic heterocycles. The second-order valence-corrected chi connectivity index (χ2v) is 8.34. The molecule has 3 amide bonds. The van der Waals surface area contributed by atoms with Crippen LogP contribution in [-0.4, -0.2) is 60.5 Å². The van der Waals surface area contributed by atoms with Crippen molar-refractivity contribution >= 4 is 11.9 Å². The van der Waals surface area contributed by atoms with Crippen LogP contribution in [0.15, 0.2) is 0 Å². The molecule has 0 aromatic carbocycles. The smallest absolute Gasteiger partial charge is 0.317 e. The lowest BCUT2D eigenvalue weighted by atomic mass is 9.90. The van der Waals surface area contributed by atoms with Crippen LogP contribution in [0.4, 0.5) is 4.79 Å². The fourth-order valence-corrected chi connectivity index (χ4v) is 3.86. The Hall–Kier alpha value is -1.30. The fraction of sp³-hybridized carbons (Fsp3) is 0.895. The average molecular weight is 353 g/mol. The summed E-state index contributed by atoms with van der Waals surface area (Å²) in [5, 5.41) is 2.99. The van der Waals surface area contributed by atoms with Crippen LogP contribution in [0.1, 0.15) is 52.9 Å². The van der Waals surface area contributed by atoms with E-state index < -0.39 is 0 Å². The van der Waals surface area contributed by atoms with E-state index in [1.807, 2.05) is 16.7 Å².